The van der Waals surface area contributed by atoms with Crippen molar-refractivity contribution in [3.8, 4) is 0 Å². The first-order chi connectivity index (χ1) is 12.3. The highest BCUT2D eigenvalue weighted by Gasteiger charge is 2.23. The highest BCUT2D eigenvalue weighted by atomic mass is 35.5. The molecule has 1 aliphatic rings. The van der Waals surface area contributed by atoms with Crippen molar-refractivity contribution in [2.45, 2.75) is 30.7 Å². The summed E-state index contributed by atoms with van der Waals surface area (Å²) in [5.74, 6) is 0.0620. The molecular formula is C18H18Cl2N2O3S. The Bertz CT molecular complexity index is 930. The zero-order chi connectivity index (χ0) is 18.9. The standard InChI is InChI=1S/C18H18Cl2N2O3S/c1-12(13-4-9-16(19)17(20)11-13)21-26(24,25)15-7-5-14(6-8-15)22-10-2-3-18(22)23/h4-9,11-12,21H,2-3,10H2,1H3/t12-/m0/s1. The van der Waals surface area contributed by atoms with Crippen molar-refractivity contribution in [3.05, 3.63) is 58.1 Å². The molecule has 0 spiro atoms. The fourth-order valence-electron chi connectivity index (χ4n) is 2.88. The van der Waals surface area contributed by atoms with Gasteiger partial charge in [0.2, 0.25) is 15.9 Å². The second-order valence-electron chi connectivity index (χ2n) is 6.16. The first-order valence-electron chi connectivity index (χ1n) is 8.15. The molecule has 138 valence electrons. The second kappa shape index (κ2) is 7.56. The van der Waals surface area contributed by atoms with Crippen LogP contribution in [0, 0.1) is 0 Å². The molecule has 0 unspecified atom stereocenters. The van der Waals surface area contributed by atoms with Gasteiger partial charge in [-0.1, -0.05) is 29.3 Å². The highest BCUT2D eigenvalue weighted by Crippen LogP contribution is 2.27. The Morgan fingerprint density at radius 1 is 1.08 bits per heavy atom. The fourth-order valence-corrected chi connectivity index (χ4v) is 4.42. The Morgan fingerprint density at radius 3 is 2.35 bits per heavy atom. The zero-order valence-corrected chi connectivity index (χ0v) is 16.4. The molecule has 8 heteroatoms. The van der Waals surface area contributed by atoms with Crippen LogP contribution in [0.5, 0.6) is 0 Å². The van der Waals surface area contributed by atoms with E-state index in [1.54, 1.807) is 42.2 Å². The van der Waals surface area contributed by atoms with Crippen LogP contribution in [0.1, 0.15) is 31.4 Å². The number of halogens is 2. The summed E-state index contributed by atoms with van der Waals surface area (Å²) in [4.78, 5) is 13.6. The summed E-state index contributed by atoms with van der Waals surface area (Å²) in [7, 11) is -3.71. The molecule has 3 rings (SSSR count). The van der Waals surface area contributed by atoms with E-state index in [1.165, 1.54) is 12.1 Å². The molecule has 2 aromatic carbocycles. The molecule has 0 bridgehead atoms. The van der Waals surface area contributed by atoms with Gasteiger partial charge in [-0.05, 0) is 55.3 Å². The molecule has 0 saturated carbocycles. The minimum absolute atomic E-state index is 0.0620. The van der Waals surface area contributed by atoms with Gasteiger partial charge in [0, 0.05) is 24.7 Å². The Morgan fingerprint density at radius 2 is 1.77 bits per heavy atom. The predicted molar refractivity (Wildman–Crippen MR) is 103 cm³/mol. The zero-order valence-electron chi connectivity index (χ0n) is 14.1. The molecular weight excluding hydrogens is 395 g/mol. The van der Waals surface area contributed by atoms with Crippen molar-refractivity contribution < 1.29 is 13.2 Å². The quantitative estimate of drug-likeness (QED) is 0.801. The van der Waals surface area contributed by atoms with Gasteiger partial charge in [0.1, 0.15) is 0 Å². The number of hydrogen-bond donors (Lipinski definition) is 1. The van der Waals surface area contributed by atoms with Gasteiger partial charge in [-0.3, -0.25) is 4.79 Å². The van der Waals surface area contributed by atoms with E-state index < -0.39 is 16.1 Å². The van der Waals surface area contributed by atoms with Crippen LogP contribution >= 0.6 is 23.2 Å². The number of nitrogens with zero attached hydrogens (tertiary/aromatic N) is 1. The molecule has 0 aromatic heterocycles. The Labute approximate surface area is 163 Å². The normalized spacial score (nSPS) is 16.1. The first-order valence-corrected chi connectivity index (χ1v) is 10.4. The van der Waals surface area contributed by atoms with Gasteiger partial charge in [0.05, 0.1) is 14.9 Å². The van der Waals surface area contributed by atoms with Crippen LogP contribution in [0.2, 0.25) is 10.0 Å². The van der Waals surface area contributed by atoms with E-state index in [0.29, 0.717) is 34.3 Å². The number of anilines is 1. The Balaban J connectivity index is 1.77. The maximum absolute atomic E-state index is 12.6. The topological polar surface area (TPSA) is 66.5 Å². The van der Waals surface area contributed by atoms with Crippen LogP contribution in [-0.4, -0.2) is 20.9 Å². The lowest BCUT2D eigenvalue weighted by atomic mass is 10.1. The monoisotopic (exact) mass is 412 g/mol. The van der Waals surface area contributed by atoms with E-state index in [4.69, 9.17) is 23.2 Å². The van der Waals surface area contributed by atoms with Gasteiger partial charge in [0.25, 0.3) is 0 Å². The molecule has 5 nitrogen and oxygen atoms in total. The number of sulfonamides is 1. The van der Waals surface area contributed by atoms with Crippen LogP contribution in [0.3, 0.4) is 0 Å². The molecule has 1 fully saturated rings. The number of amides is 1. The molecule has 1 heterocycles. The highest BCUT2D eigenvalue weighted by molar-refractivity contribution is 7.89. The summed E-state index contributed by atoms with van der Waals surface area (Å²) in [6.07, 6.45) is 1.35. The smallest absolute Gasteiger partial charge is 0.241 e. The lowest BCUT2D eigenvalue weighted by Crippen LogP contribution is -2.27. The minimum atomic E-state index is -3.71. The van der Waals surface area contributed by atoms with Crippen LogP contribution < -0.4 is 9.62 Å². The number of nitrogens with one attached hydrogen (secondary N) is 1. The summed E-state index contributed by atoms with van der Waals surface area (Å²) in [6.45, 7) is 2.39. The molecule has 1 amide bonds. The van der Waals surface area contributed by atoms with Crippen LogP contribution in [0.25, 0.3) is 0 Å². The van der Waals surface area contributed by atoms with Crippen molar-refractivity contribution in [1.29, 1.82) is 0 Å². The predicted octanol–water partition coefficient (Wildman–Crippen LogP) is 4.16. The van der Waals surface area contributed by atoms with Crippen molar-refractivity contribution in [3.63, 3.8) is 0 Å². The molecule has 2 aromatic rings. The summed E-state index contributed by atoms with van der Waals surface area (Å²) in [5.41, 5.74) is 1.42. The molecule has 26 heavy (non-hydrogen) atoms. The maximum Gasteiger partial charge on any atom is 0.241 e. The van der Waals surface area contributed by atoms with Gasteiger partial charge in [-0.25, -0.2) is 13.1 Å². The van der Waals surface area contributed by atoms with Crippen LogP contribution in [0.4, 0.5) is 5.69 Å². The van der Waals surface area contributed by atoms with E-state index in [9.17, 15) is 13.2 Å². The fraction of sp³-hybridized carbons (Fsp3) is 0.278. The third-order valence-corrected chi connectivity index (χ3v) is 6.60. The summed E-state index contributed by atoms with van der Waals surface area (Å²) in [5, 5.41) is 0.785. The van der Waals surface area contributed by atoms with E-state index in [-0.39, 0.29) is 10.8 Å². The number of carbonyl (C=O) groups is 1. The van der Waals surface area contributed by atoms with Crippen LogP contribution in [-0.2, 0) is 14.8 Å². The van der Waals surface area contributed by atoms with Crippen molar-refractivity contribution in [2.75, 3.05) is 11.4 Å². The minimum Gasteiger partial charge on any atom is -0.312 e. The molecule has 1 aliphatic heterocycles. The average Bonchev–Trinajstić information content (AvgIpc) is 3.03. The summed E-state index contributed by atoms with van der Waals surface area (Å²) >= 11 is 11.9. The van der Waals surface area contributed by atoms with Gasteiger partial charge in [-0.15, -0.1) is 0 Å². The van der Waals surface area contributed by atoms with Crippen molar-refractivity contribution in [1.82, 2.24) is 4.72 Å². The van der Waals surface area contributed by atoms with E-state index in [0.717, 1.165) is 6.42 Å². The lowest BCUT2D eigenvalue weighted by Gasteiger charge is -2.17. The maximum atomic E-state index is 12.6. The molecule has 0 aliphatic carbocycles. The number of hydrogen-bond acceptors (Lipinski definition) is 3. The Hall–Kier alpha value is -1.60. The SMILES string of the molecule is C[C@H](NS(=O)(=O)c1ccc(N2CCCC2=O)cc1)c1ccc(Cl)c(Cl)c1. The van der Waals surface area contributed by atoms with Gasteiger partial charge >= 0.3 is 0 Å². The lowest BCUT2D eigenvalue weighted by molar-refractivity contribution is -0.117. The number of benzene rings is 2. The van der Waals surface area contributed by atoms with E-state index >= 15 is 0 Å². The van der Waals surface area contributed by atoms with Gasteiger partial charge in [0.15, 0.2) is 0 Å². The first kappa shape index (κ1) is 19.2. The van der Waals surface area contributed by atoms with Crippen molar-refractivity contribution >= 4 is 44.8 Å². The molecule has 1 N–H and O–H groups in total. The third kappa shape index (κ3) is 4.04. The second-order valence-corrected chi connectivity index (χ2v) is 8.69. The third-order valence-electron chi connectivity index (χ3n) is 4.31. The van der Waals surface area contributed by atoms with Crippen molar-refractivity contribution in [2.24, 2.45) is 0 Å². The summed E-state index contributed by atoms with van der Waals surface area (Å²) < 4.78 is 27.9. The van der Waals surface area contributed by atoms with E-state index in [1.807, 2.05) is 0 Å². The van der Waals surface area contributed by atoms with Gasteiger partial charge < -0.3 is 4.90 Å². The van der Waals surface area contributed by atoms with Crippen LogP contribution in [0.15, 0.2) is 47.4 Å². The summed E-state index contributed by atoms with van der Waals surface area (Å²) in [6, 6.07) is 10.8. The molecule has 0 radical (unpaired) electrons. The average molecular weight is 413 g/mol. The number of carbonyl (C=O) groups excluding carboxylic acids is 1. The van der Waals surface area contributed by atoms with E-state index in [2.05, 4.69) is 4.72 Å². The van der Waals surface area contributed by atoms with Gasteiger partial charge in [-0.2, -0.15) is 0 Å². The molecule has 1 saturated heterocycles. The Kier molecular flexibility index (Phi) is 5.58. The molecule has 1 atom stereocenters. The number of rotatable bonds is 5. The largest absolute Gasteiger partial charge is 0.312 e.